The maximum absolute atomic E-state index is 13.7. The molecule has 2 aromatic carbocycles. The maximum Gasteiger partial charge on any atom is 0.166 e. The third-order valence-corrected chi connectivity index (χ3v) is 2.90. The minimum atomic E-state index is -0.602. The van der Waals surface area contributed by atoms with Gasteiger partial charge in [0.25, 0.3) is 0 Å². The topological polar surface area (TPSA) is 46.5 Å². The molecule has 0 aliphatic rings. The van der Waals surface area contributed by atoms with Crippen molar-refractivity contribution in [2.45, 2.75) is 13.3 Å². The summed E-state index contributed by atoms with van der Waals surface area (Å²) in [5, 5.41) is 9.03. The monoisotopic (exact) mass is 274 g/mol. The van der Waals surface area contributed by atoms with Gasteiger partial charge in [0.1, 0.15) is 17.3 Å². The number of carbonyl (C=O) groups is 1. The van der Waals surface area contributed by atoms with Gasteiger partial charge in [0.05, 0.1) is 5.56 Å². The first-order valence-corrected chi connectivity index (χ1v) is 6.29. The van der Waals surface area contributed by atoms with E-state index in [1.807, 2.05) is 12.1 Å². The minimum Gasteiger partial charge on any atom is -0.456 e. The number of ether oxygens (including phenoxy) is 1. The Morgan fingerprint density at radius 3 is 2.55 bits per heavy atom. The minimum absolute atomic E-state index is 0.0108. The lowest BCUT2D eigenvalue weighted by Crippen LogP contribution is -2.02. The predicted molar refractivity (Wildman–Crippen MR) is 73.7 cm³/mol. The number of para-hydroxylation sites is 1. The summed E-state index contributed by atoms with van der Waals surface area (Å²) in [6.45, 7) is 1.29. The number of Topliss-reactive ketones (excluding diaryl/α,β-unsaturated/α-hetero) is 1. The summed E-state index contributed by atoms with van der Waals surface area (Å²) in [6, 6.07) is 11.4. The highest BCUT2D eigenvalue weighted by atomic mass is 19.1. The van der Waals surface area contributed by atoms with Gasteiger partial charge >= 0.3 is 0 Å². The van der Waals surface area contributed by atoms with Gasteiger partial charge in [-0.15, -0.1) is 0 Å². The van der Waals surface area contributed by atoms with E-state index in [-0.39, 0.29) is 17.9 Å². The lowest BCUT2D eigenvalue weighted by molar-refractivity contribution is 0.101. The molecule has 2 aromatic rings. The molecular formula is C16H15FO3. The van der Waals surface area contributed by atoms with Crippen molar-refractivity contribution in [2.24, 2.45) is 0 Å². The van der Waals surface area contributed by atoms with E-state index in [4.69, 9.17) is 9.84 Å². The van der Waals surface area contributed by atoms with Crippen LogP contribution in [-0.2, 0) is 6.42 Å². The molecule has 0 saturated carbocycles. The first-order valence-electron chi connectivity index (χ1n) is 6.29. The smallest absolute Gasteiger partial charge is 0.166 e. The molecule has 0 radical (unpaired) electrons. The molecule has 0 amide bonds. The van der Waals surface area contributed by atoms with Crippen molar-refractivity contribution in [3.63, 3.8) is 0 Å². The molecule has 2 rings (SSSR count). The molecule has 0 saturated heterocycles. The molecule has 0 aromatic heterocycles. The van der Waals surface area contributed by atoms with Crippen molar-refractivity contribution in [3.8, 4) is 11.5 Å². The number of aliphatic hydroxyl groups excluding tert-OH is 1. The van der Waals surface area contributed by atoms with Gasteiger partial charge in [-0.05, 0) is 37.1 Å². The van der Waals surface area contributed by atoms with E-state index in [2.05, 4.69) is 0 Å². The average molecular weight is 274 g/mol. The van der Waals surface area contributed by atoms with Crippen molar-refractivity contribution in [3.05, 3.63) is 59.4 Å². The van der Waals surface area contributed by atoms with Crippen LogP contribution in [0.5, 0.6) is 11.5 Å². The van der Waals surface area contributed by atoms with Gasteiger partial charge in [0, 0.05) is 6.61 Å². The Bertz CT molecular complexity index is 623. The molecule has 1 N–H and O–H groups in total. The number of aliphatic hydroxyl groups is 1. The van der Waals surface area contributed by atoms with Crippen LogP contribution in [0.1, 0.15) is 22.8 Å². The van der Waals surface area contributed by atoms with Crippen molar-refractivity contribution in [1.29, 1.82) is 0 Å². The molecule has 0 fully saturated rings. The van der Waals surface area contributed by atoms with Gasteiger partial charge in [-0.1, -0.05) is 24.3 Å². The normalized spacial score (nSPS) is 10.3. The summed E-state index contributed by atoms with van der Waals surface area (Å²) >= 11 is 0. The standard InChI is InChI=1S/C16H15FO3/c1-11(19)16-13(17)6-4-8-15(16)20-14-7-3-2-5-12(14)9-10-18/h2-8,18H,9-10H2,1H3. The zero-order valence-electron chi connectivity index (χ0n) is 11.1. The quantitative estimate of drug-likeness (QED) is 0.850. The molecule has 0 aliphatic heterocycles. The molecule has 0 unspecified atom stereocenters. The van der Waals surface area contributed by atoms with E-state index < -0.39 is 11.6 Å². The molecule has 3 nitrogen and oxygen atoms in total. The highest BCUT2D eigenvalue weighted by molar-refractivity contribution is 5.97. The van der Waals surface area contributed by atoms with E-state index in [9.17, 15) is 9.18 Å². The summed E-state index contributed by atoms with van der Waals surface area (Å²) in [5.41, 5.74) is 0.736. The Morgan fingerprint density at radius 1 is 1.15 bits per heavy atom. The summed E-state index contributed by atoms with van der Waals surface area (Å²) in [7, 11) is 0. The highest BCUT2D eigenvalue weighted by Gasteiger charge is 2.15. The number of ketones is 1. The summed E-state index contributed by atoms with van der Waals surface area (Å²) in [6.07, 6.45) is 0.431. The Hall–Kier alpha value is -2.20. The Morgan fingerprint density at radius 2 is 1.85 bits per heavy atom. The number of carbonyl (C=O) groups excluding carboxylic acids is 1. The number of halogens is 1. The first kappa shape index (κ1) is 14.2. The number of hydrogen-bond donors (Lipinski definition) is 1. The van der Waals surface area contributed by atoms with Crippen molar-refractivity contribution in [2.75, 3.05) is 6.61 Å². The van der Waals surface area contributed by atoms with E-state index in [1.54, 1.807) is 18.2 Å². The zero-order chi connectivity index (χ0) is 14.5. The van der Waals surface area contributed by atoms with Crippen LogP contribution >= 0.6 is 0 Å². The molecule has 104 valence electrons. The first-order chi connectivity index (χ1) is 9.63. The average Bonchev–Trinajstić information content (AvgIpc) is 2.41. The Labute approximate surface area is 116 Å². The molecule has 0 atom stereocenters. The third kappa shape index (κ3) is 3.03. The van der Waals surface area contributed by atoms with Crippen LogP contribution in [0.25, 0.3) is 0 Å². The van der Waals surface area contributed by atoms with E-state index in [1.165, 1.54) is 19.1 Å². The lowest BCUT2D eigenvalue weighted by atomic mass is 10.1. The second-order valence-electron chi connectivity index (χ2n) is 4.35. The molecule has 0 spiro atoms. The summed E-state index contributed by atoms with van der Waals surface area (Å²) in [5.74, 6) is -0.301. The number of benzene rings is 2. The van der Waals surface area contributed by atoms with Crippen molar-refractivity contribution >= 4 is 5.78 Å². The van der Waals surface area contributed by atoms with Crippen LogP contribution in [0.15, 0.2) is 42.5 Å². The second kappa shape index (κ2) is 6.30. The molecule has 0 aliphatic carbocycles. The zero-order valence-corrected chi connectivity index (χ0v) is 11.1. The Kier molecular flexibility index (Phi) is 4.48. The van der Waals surface area contributed by atoms with Crippen LogP contribution in [0.3, 0.4) is 0 Å². The summed E-state index contributed by atoms with van der Waals surface area (Å²) in [4.78, 5) is 11.5. The second-order valence-corrected chi connectivity index (χ2v) is 4.35. The maximum atomic E-state index is 13.7. The molecule has 0 heterocycles. The molecule has 20 heavy (non-hydrogen) atoms. The van der Waals surface area contributed by atoms with Crippen molar-refractivity contribution in [1.82, 2.24) is 0 Å². The van der Waals surface area contributed by atoms with E-state index in [0.29, 0.717) is 12.2 Å². The van der Waals surface area contributed by atoms with Crippen LogP contribution < -0.4 is 4.74 Å². The van der Waals surface area contributed by atoms with Crippen molar-refractivity contribution < 1.29 is 19.0 Å². The SMILES string of the molecule is CC(=O)c1c(F)cccc1Oc1ccccc1CCO. The number of rotatable bonds is 5. The van der Waals surface area contributed by atoms with Crippen LogP contribution in [0, 0.1) is 5.82 Å². The van der Waals surface area contributed by atoms with Crippen LogP contribution in [-0.4, -0.2) is 17.5 Å². The molecular weight excluding hydrogens is 259 g/mol. The largest absolute Gasteiger partial charge is 0.456 e. The van der Waals surface area contributed by atoms with Gasteiger partial charge < -0.3 is 9.84 Å². The molecule has 4 heteroatoms. The fourth-order valence-corrected chi connectivity index (χ4v) is 1.98. The van der Waals surface area contributed by atoms with E-state index in [0.717, 1.165) is 5.56 Å². The van der Waals surface area contributed by atoms with Gasteiger partial charge in [-0.25, -0.2) is 4.39 Å². The van der Waals surface area contributed by atoms with E-state index >= 15 is 0 Å². The summed E-state index contributed by atoms with van der Waals surface area (Å²) < 4.78 is 19.4. The number of hydrogen-bond acceptors (Lipinski definition) is 3. The lowest BCUT2D eigenvalue weighted by Gasteiger charge is -2.13. The van der Waals surface area contributed by atoms with Crippen LogP contribution in [0.2, 0.25) is 0 Å². The van der Waals surface area contributed by atoms with Crippen LogP contribution in [0.4, 0.5) is 4.39 Å². The predicted octanol–water partition coefficient (Wildman–Crippen LogP) is 3.36. The highest BCUT2D eigenvalue weighted by Crippen LogP contribution is 2.30. The van der Waals surface area contributed by atoms with Gasteiger partial charge in [0.15, 0.2) is 5.78 Å². The third-order valence-electron chi connectivity index (χ3n) is 2.90. The fourth-order valence-electron chi connectivity index (χ4n) is 1.98. The van der Waals surface area contributed by atoms with Gasteiger partial charge in [0.2, 0.25) is 0 Å². The van der Waals surface area contributed by atoms with Gasteiger partial charge in [-0.2, -0.15) is 0 Å². The molecule has 0 bridgehead atoms. The fraction of sp³-hybridized carbons (Fsp3) is 0.188. The van der Waals surface area contributed by atoms with Gasteiger partial charge in [-0.3, -0.25) is 4.79 Å². The Balaban J connectivity index is 2.40.